The summed E-state index contributed by atoms with van der Waals surface area (Å²) in [5.41, 5.74) is 19.9. The van der Waals surface area contributed by atoms with Crippen LogP contribution in [0.2, 0.25) is 0 Å². The molecule has 0 fully saturated rings. The fourth-order valence-corrected chi connectivity index (χ4v) is 10.9. The first kappa shape index (κ1) is 42.9. The molecule has 10 aromatic rings. The Labute approximate surface area is 423 Å². The molecule has 0 amide bonds. The molecule has 3 aliphatic rings. The fourth-order valence-electron chi connectivity index (χ4n) is 10.9. The van der Waals surface area contributed by atoms with Gasteiger partial charge in [0.2, 0.25) is 0 Å². The molecule has 72 heavy (non-hydrogen) atoms. The Morgan fingerprint density at radius 1 is 0.306 bits per heavy atom. The highest BCUT2D eigenvalue weighted by molar-refractivity contribution is 6.85. The van der Waals surface area contributed by atoms with Gasteiger partial charge in [-0.15, -0.1) is 0 Å². The Hall–Kier alpha value is -9.19. The second-order valence-corrected chi connectivity index (χ2v) is 18.6. The number of hydrogen-bond donors (Lipinski definition) is 1. The van der Waals surface area contributed by atoms with Gasteiger partial charge in [-0.1, -0.05) is 206 Å². The lowest BCUT2D eigenvalue weighted by atomic mass is 9.64. The quantitative estimate of drug-likeness (QED) is 0.138. The van der Waals surface area contributed by atoms with Crippen LogP contribution in [0.4, 0.5) is 45.5 Å². The molecule has 10 aromatic carbocycles. The van der Waals surface area contributed by atoms with Crippen LogP contribution in [0, 0.1) is 0 Å². The molecule has 0 saturated heterocycles. The molecule has 0 bridgehead atoms. The first-order valence-corrected chi connectivity index (χ1v) is 24.8. The maximum absolute atomic E-state index is 3.91. The highest BCUT2D eigenvalue weighted by atomic mass is 15.3. The molecule has 3 aliphatic heterocycles. The number of benzene rings is 10. The normalized spacial score (nSPS) is 14.8. The van der Waals surface area contributed by atoms with Crippen molar-refractivity contribution in [3.05, 3.63) is 296 Å². The van der Waals surface area contributed by atoms with Crippen molar-refractivity contribution in [3.8, 4) is 22.3 Å². The van der Waals surface area contributed by atoms with Gasteiger partial charge in [0.25, 0.3) is 0 Å². The van der Waals surface area contributed by atoms with Crippen molar-refractivity contribution in [2.45, 2.75) is 6.04 Å². The fraction of sp³-hybridized carbons (Fsp3) is 0.0154. The number of para-hydroxylation sites is 6. The SMILES string of the molecule is C1=CC(c2ccc(B3N(c4ccccc4)c4ccccc4N3c3cccc(-c4ccccc4)c3)cc2)NC(c2ccc(B3N(c4ccccc4)c4ccccc4N3c3cccc(-c4ccccc4)c3)cc2)=C1. The molecule has 7 heteroatoms. The molecular formula is C65H49B2N5. The van der Waals surface area contributed by atoms with Gasteiger partial charge >= 0.3 is 14.0 Å². The smallest absolute Gasteiger partial charge is 0.374 e. The summed E-state index contributed by atoms with van der Waals surface area (Å²) in [5, 5.41) is 3.91. The van der Waals surface area contributed by atoms with Crippen LogP contribution >= 0.6 is 0 Å². The lowest BCUT2D eigenvalue weighted by Gasteiger charge is -2.31. The number of dihydropyridines is 1. The molecule has 0 aliphatic carbocycles. The highest BCUT2D eigenvalue weighted by Crippen LogP contribution is 2.48. The van der Waals surface area contributed by atoms with Gasteiger partial charge in [-0.25, -0.2) is 0 Å². The molecule has 1 N–H and O–H groups in total. The van der Waals surface area contributed by atoms with Crippen molar-refractivity contribution in [2.24, 2.45) is 0 Å². The van der Waals surface area contributed by atoms with Gasteiger partial charge in [0.05, 0.1) is 28.8 Å². The van der Waals surface area contributed by atoms with E-state index < -0.39 is 0 Å². The number of rotatable bonds is 10. The van der Waals surface area contributed by atoms with Crippen LogP contribution in [-0.4, -0.2) is 14.0 Å². The van der Waals surface area contributed by atoms with Gasteiger partial charge in [0, 0.05) is 28.4 Å². The highest BCUT2D eigenvalue weighted by Gasteiger charge is 2.45. The van der Waals surface area contributed by atoms with Crippen molar-refractivity contribution in [1.82, 2.24) is 5.32 Å². The third kappa shape index (κ3) is 7.82. The molecule has 1 atom stereocenters. The first-order valence-electron chi connectivity index (χ1n) is 24.8. The molecule has 0 aromatic heterocycles. The number of allylic oxidation sites excluding steroid dienone is 2. The number of nitrogens with one attached hydrogen (secondary N) is 1. The first-order chi connectivity index (χ1) is 35.7. The van der Waals surface area contributed by atoms with Gasteiger partial charge in [-0.3, -0.25) is 0 Å². The minimum absolute atomic E-state index is 0.00586. The molecule has 3 heterocycles. The van der Waals surface area contributed by atoms with Crippen LogP contribution in [0.25, 0.3) is 28.0 Å². The maximum Gasteiger partial charge on any atom is 0.420 e. The lowest BCUT2D eigenvalue weighted by Crippen LogP contribution is -2.53. The Balaban J connectivity index is 0.808. The molecule has 5 nitrogen and oxygen atoms in total. The number of fused-ring (bicyclic) bond motifs is 2. The van der Waals surface area contributed by atoms with Crippen molar-refractivity contribution in [1.29, 1.82) is 0 Å². The Bertz CT molecular complexity index is 3590. The largest absolute Gasteiger partial charge is 0.420 e. The summed E-state index contributed by atoms with van der Waals surface area (Å²) < 4.78 is 0. The summed E-state index contributed by atoms with van der Waals surface area (Å²) in [7, 11) is 0. The Kier molecular flexibility index (Phi) is 11.1. The van der Waals surface area contributed by atoms with Crippen molar-refractivity contribution < 1.29 is 0 Å². The Morgan fingerprint density at radius 2 is 0.667 bits per heavy atom. The molecule has 1 unspecified atom stereocenters. The monoisotopic (exact) mass is 921 g/mol. The minimum atomic E-state index is -0.126. The van der Waals surface area contributed by atoms with E-state index in [2.05, 4.69) is 310 Å². The van der Waals surface area contributed by atoms with Crippen LogP contribution < -0.4 is 35.5 Å². The van der Waals surface area contributed by atoms with E-state index in [1.807, 2.05) is 0 Å². The second-order valence-electron chi connectivity index (χ2n) is 18.6. The van der Waals surface area contributed by atoms with Crippen LogP contribution in [0.1, 0.15) is 17.2 Å². The van der Waals surface area contributed by atoms with E-state index >= 15 is 0 Å². The summed E-state index contributed by atoms with van der Waals surface area (Å²) >= 11 is 0. The topological polar surface area (TPSA) is 25.0 Å². The third-order valence-electron chi connectivity index (χ3n) is 14.3. The van der Waals surface area contributed by atoms with E-state index in [1.54, 1.807) is 0 Å². The van der Waals surface area contributed by atoms with Crippen molar-refractivity contribution in [2.75, 3.05) is 19.2 Å². The molecule has 340 valence electrons. The van der Waals surface area contributed by atoms with Crippen LogP contribution in [0.15, 0.2) is 285 Å². The summed E-state index contributed by atoms with van der Waals surface area (Å²) in [6.07, 6.45) is 6.64. The predicted octanol–water partition coefficient (Wildman–Crippen LogP) is 14.6. The van der Waals surface area contributed by atoms with Gasteiger partial charge < -0.3 is 24.6 Å². The van der Waals surface area contributed by atoms with Gasteiger partial charge in [0.15, 0.2) is 0 Å². The van der Waals surface area contributed by atoms with E-state index in [0.29, 0.717) is 0 Å². The van der Waals surface area contributed by atoms with Crippen molar-refractivity contribution in [3.63, 3.8) is 0 Å². The van der Waals surface area contributed by atoms with Crippen LogP contribution in [-0.2, 0) is 0 Å². The third-order valence-corrected chi connectivity index (χ3v) is 14.3. The van der Waals surface area contributed by atoms with Crippen LogP contribution in [0.3, 0.4) is 0 Å². The molecular weight excluding hydrogens is 872 g/mol. The van der Waals surface area contributed by atoms with E-state index in [1.165, 1.54) is 61.5 Å². The standard InChI is InChI=1S/C65H49B2N5/c1-5-20-48(21-6-1)52-24-17-30-58(46-52)71-64-36-15-13-34-62(64)69(56-26-9-3-10-27-56)66(71)54-42-38-50(39-43-54)60-32-19-33-61(68-60)51-40-44-55(45-41-51)67-70(57-28-11-4-12-29-57)63-35-14-16-37-65(63)72(67)59-31-18-25-53(47-59)49-22-7-2-8-23-49/h1-47,60,68H. The van der Waals surface area contributed by atoms with Gasteiger partial charge in [0.1, 0.15) is 0 Å². The molecule has 0 spiro atoms. The number of hydrogen-bond acceptors (Lipinski definition) is 5. The summed E-state index contributed by atoms with van der Waals surface area (Å²) in [5.74, 6) is 0. The predicted molar refractivity (Wildman–Crippen MR) is 305 cm³/mol. The zero-order valence-corrected chi connectivity index (χ0v) is 39.7. The van der Waals surface area contributed by atoms with Gasteiger partial charge in [-0.05, 0) is 123 Å². The molecule has 0 saturated carbocycles. The van der Waals surface area contributed by atoms with Crippen LogP contribution in [0.5, 0.6) is 0 Å². The molecule has 13 rings (SSSR count). The van der Waals surface area contributed by atoms with E-state index in [4.69, 9.17) is 0 Å². The molecule has 0 radical (unpaired) electrons. The summed E-state index contributed by atoms with van der Waals surface area (Å²) in [4.78, 5) is 9.95. The number of nitrogens with zero attached hydrogens (tertiary/aromatic N) is 4. The maximum atomic E-state index is 3.91. The van der Waals surface area contributed by atoms with E-state index in [-0.39, 0.29) is 20.0 Å². The zero-order valence-electron chi connectivity index (χ0n) is 39.7. The summed E-state index contributed by atoms with van der Waals surface area (Å²) in [6, 6.07) is 96.7. The Morgan fingerprint density at radius 3 is 1.11 bits per heavy atom. The average molecular weight is 922 g/mol. The van der Waals surface area contributed by atoms with Gasteiger partial charge in [-0.2, -0.15) is 0 Å². The lowest BCUT2D eigenvalue weighted by molar-refractivity contribution is 0.764. The van der Waals surface area contributed by atoms with Crippen molar-refractivity contribution >= 4 is 76.1 Å². The second kappa shape index (κ2) is 18.6. The van der Waals surface area contributed by atoms with E-state index in [9.17, 15) is 0 Å². The number of anilines is 8. The zero-order chi connectivity index (χ0) is 47.8. The summed E-state index contributed by atoms with van der Waals surface area (Å²) in [6.45, 7) is -0.249. The minimum Gasteiger partial charge on any atom is -0.374 e. The average Bonchev–Trinajstić information content (AvgIpc) is 4.00. The van der Waals surface area contributed by atoms with E-state index in [0.717, 1.165) is 34.0 Å².